The van der Waals surface area contributed by atoms with Crippen LogP contribution in [0.4, 0.5) is 0 Å². The second kappa shape index (κ2) is 9.07. The Morgan fingerprint density at radius 3 is 2.27 bits per heavy atom. The molecule has 22 heavy (non-hydrogen) atoms. The Hall–Kier alpha value is -2.04. The Kier molecular flexibility index (Phi) is 8.23. The van der Waals surface area contributed by atoms with E-state index in [1.807, 2.05) is 52.3 Å². The van der Waals surface area contributed by atoms with Gasteiger partial charge in [0.1, 0.15) is 17.0 Å². The van der Waals surface area contributed by atoms with Crippen molar-refractivity contribution >= 4 is 17.5 Å². The molecule has 0 N–H and O–H groups in total. The van der Waals surface area contributed by atoms with E-state index in [1.54, 1.807) is 13.3 Å². The fourth-order valence-electron chi connectivity index (χ4n) is 1.80. The summed E-state index contributed by atoms with van der Waals surface area (Å²) in [7, 11) is 3.67. The third-order valence-corrected chi connectivity index (χ3v) is 2.63. The van der Waals surface area contributed by atoms with Gasteiger partial charge in [0, 0.05) is 19.4 Å². The van der Waals surface area contributed by atoms with Gasteiger partial charge in [-0.1, -0.05) is 13.8 Å². The fraction of sp³-hybridized carbons (Fsp3) is 0.529. The second-order valence-corrected chi connectivity index (χ2v) is 5.46. The first-order valence-electron chi connectivity index (χ1n) is 7.36. The van der Waals surface area contributed by atoms with E-state index < -0.39 is 0 Å². The van der Waals surface area contributed by atoms with Gasteiger partial charge in [-0.2, -0.15) is 0 Å². The minimum Gasteiger partial charge on any atom is -0.496 e. The third kappa shape index (κ3) is 5.76. The van der Waals surface area contributed by atoms with Crippen molar-refractivity contribution < 1.29 is 14.3 Å². The Morgan fingerprint density at radius 2 is 1.86 bits per heavy atom. The normalized spacial score (nSPS) is 10.0. The number of aryl methyl sites for hydroxylation is 2. The summed E-state index contributed by atoms with van der Waals surface area (Å²) in [6.45, 7) is 12.0. The van der Waals surface area contributed by atoms with Gasteiger partial charge in [0.25, 0.3) is 6.47 Å². The van der Waals surface area contributed by atoms with Gasteiger partial charge >= 0.3 is 0 Å². The minimum atomic E-state index is -0.318. The maximum Gasteiger partial charge on any atom is 0.293 e. The van der Waals surface area contributed by atoms with Crippen molar-refractivity contribution in [2.24, 2.45) is 7.05 Å². The predicted octanol–water partition coefficient (Wildman–Crippen LogP) is 3.87. The molecule has 5 heteroatoms. The standard InChI is InChI=1S/C10H12N2O.C5H10O2.C2H6/c1-7-6-12(2)10-9(7)8(13-3)4-5-11-10;1-5(2,3)7-4-6;1-2/h4-6H,1-3H3;4H,1-3H3;1-2H3. The summed E-state index contributed by atoms with van der Waals surface area (Å²) >= 11 is 0. The molecule has 0 amide bonds. The molecule has 0 fully saturated rings. The first-order valence-corrected chi connectivity index (χ1v) is 7.36. The molecule has 2 aromatic rings. The number of carbonyl (C=O) groups is 1. The maximum absolute atomic E-state index is 9.60. The number of rotatable bonds is 2. The van der Waals surface area contributed by atoms with E-state index in [4.69, 9.17) is 4.74 Å². The van der Waals surface area contributed by atoms with Gasteiger partial charge in [-0.15, -0.1) is 0 Å². The van der Waals surface area contributed by atoms with Crippen molar-refractivity contribution in [3.05, 3.63) is 24.0 Å². The lowest BCUT2D eigenvalue weighted by Crippen LogP contribution is -2.17. The van der Waals surface area contributed by atoms with E-state index in [1.165, 1.54) is 5.56 Å². The molecule has 0 aliphatic carbocycles. The van der Waals surface area contributed by atoms with Crippen LogP contribution in [0, 0.1) is 6.92 Å². The molecule has 0 radical (unpaired) electrons. The second-order valence-electron chi connectivity index (χ2n) is 5.46. The van der Waals surface area contributed by atoms with Gasteiger partial charge < -0.3 is 14.0 Å². The van der Waals surface area contributed by atoms with Gasteiger partial charge in [0.05, 0.1) is 12.5 Å². The van der Waals surface area contributed by atoms with Crippen LogP contribution in [0.25, 0.3) is 11.0 Å². The van der Waals surface area contributed by atoms with E-state index >= 15 is 0 Å². The maximum atomic E-state index is 9.60. The minimum absolute atomic E-state index is 0.318. The quantitative estimate of drug-likeness (QED) is 0.790. The first kappa shape index (κ1) is 20.0. The average Bonchev–Trinajstić information content (AvgIpc) is 2.76. The van der Waals surface area contributed by atoms with Crippen LogP contribution in [-0.2, 0) is 16.6 Å². The van der Waals surface area contributed by atoms with Crippen LogP contribution in [0.2, 0.25) is 0 Å². The zero-order valence-electron chi connectivity index (χ0n) is 14.9. The zero-order chi connectivity index (χ0) is 17.3. The van der Waals surface area contributed by atoms with Crippen LogP contribution in [0.15, 0.2) is 18.5 Å². The van der Waals surface area contributed by atoms with Crippen LogP contribution >= 0.6 is 0 Å². The van der Waals surface area contributed by atoms with Crippen molar-refractivity contribution in [3.8, 4) is 5.75 Å². The smallest absolute Gasteiger partial charge is 0.293 e. The summed E-state index contributed by atoms with van der Waals surface area (Å²) in [5.74, 6) is 0.892. The summed E-state index contributed by atoms with van der Waals surface area (Å²) in [4.78, 5) is 13.9. The number of methoxy groups -OCH3 is 1. The number of pyridine rings is 1. The molecule has 2 rings (SSSR count). The van der Waals surface area contributed by atoms with Crippen molar-refractivity contribution in [1.82, 2.24) is 9.55 Å². The largest absolute Gasteiger partial charge is 0.496 e. The van der Waals surface area contributed by atoms with Crippen molar-refractivity contribution in [1.29, 1.82) is 0 Å². The van der Waals surface area contributed by atoms with Crippen LogP contribution in [0.3, 0.4) is 0 Å². The van der Waals surface area contributed by atoms with E-state index in [2.05, 4.69) is 22.8 Å². The lowest BCUT2D eigenvalue weighted by molar-refractivity contribution is -0.138. The third-order valence-electron chi connectivity index (χ3n) is 2.63. The molecule has 2 heterocycles. The topological polar surface area (TPSA) is 53.4 Å². The van der Waals surface area contributed by atoms with Crippen LogP contribution < -0.4 is 4.74 Å². The van der Waals surface area contributed by atoms with Crippen LogP contribution in [-0.4, -0.2) is 28.7 Å². The summed E-state index contributed by atoms with van der Waals surface area (Å²) in [6, 6.07) is 1.88. The number of aromatic nitrogens is 2. The van der Waals surface area contributed by atoms with E-state index in [-0.39, 0.29) is 5.60 Å². The lowest BCUT2D eigenvalue weighted by atomic mass is 10.2. The molecule has 2 aromatic heterocycles. The summed E-state index contributed by atoms with van der Waals surface area (Å²) < 4.78 is 11.8. The van der Waals surface area contributed by atoms with Gasteiger partial charge in [-0.25, -0.2) is 4.98 Å². The van der Waals surface area contributed by atoms with Crippen LogP contribution in [0.1, 0.15) is 40.2 Å². The molecule has 0 atom stereocenters. The molecule has 0 aromatic carbocycles. The van der Waals surface area contributed by atoms with Gasteiger partial charge in [0.2, 0.25) is 0 Å². The van der Waals surface area contributed by atoms with E-state index in [9.17, 15) is 4.79 Å². The molecular formula is C17H28N2O3. The summed E-state index contributed by atoms with van der Waals surface area (Å²) in [6.07, 6.45) is 3.82. The molecular weight excluding hydrogens is 280 g/mol. The highest BCUT2D eigenvalue weighted by Gasteiger charge is 2.08. The van der Waals surface area contributed by atoms with E-state index in [0.29, 0.717) is 6.47 Å². The van der Waals surface area contributed by atoms with Crippen molar-refractivity contribution in [2.75, 3.05) is 7.11 Å². The number of nitrogens with zero attached hydrogens (tertiary/aromatic N) is 2. The van der Waals surface area contributed by atoms with Crippen molar-refractivity contribution in [3.63, 3.8) is 0 Å². The highest BCUT2D eigenvalue weighted by molar-refractivity contribution is 5.86. The Morgan fingerprint density at radius 1 is 1.27 bits per heavy atom. The SMILES string of the molecule is CC.CC(C)(C)OC=O.COc1ccnc2c1c(C)cn2C. The van der Waals surface area contributed by atoms with Gasteiger partial charge in [-0.3, -0.25) is 4.79 Å². The molecule has 0 unspecified atom stereocenters. The monoisotopic (exact) mass is 308 g/mol. The molecule has 124 valence electrons. The average molecular weight is 308 g/mol. The first-order chi connectivity index (χ1) is 10.3. The Labute approximate surface area is 133 Å². The number of carbonyl (C=O) groups excluding carboxylic acids is 1. The van der Waals surface area contributed by atoms with Gasteiger partial charge in [0.15, 0.2) is 0 Å². The number of ether oxygens (including phenoxy) is 2. The summed E-state index contributed by atoms with van der Waals surface area (Å²) in [5.41, 5.74) is 1.85. The molecule has 0 aliphatic heterocycles. The van der Waals surface area contributed by atoms with Gasteiger partial charge in [-0.05, 0) is 39.3 Å². The number of hydrogen-bond donors (Lipinski definition) is 0. The Bertz CT molecular complexity index is 583. The molecule has 0 spiro atoms. The molecule has 0 saturated heterocycles. The molecule has 5 nitrogen and oxygen atoms in total. The van der Waals surface area contributed by atoms with E-state index in [0.717, 1.165) is 16.8 Å². The number of hydrogen-bond acceptors (Lipinski definition) is 4. The molecule has 0 saturated carbocycles. The fourth-order valence-corrected chi connectivity index (χ4v) is 1.80. The summed E-state index contributed by atoms with van der Waals surface area (Å²) in [5, 5.41) is 1.10. The lowest BCUT2D eigenvalue weighted by Gasteiger charge is -2.14. The highest BCUT2D eigenvalue weighted by atomic mass is 16.5. The van der Waals surface area contributed by atoms with Crippen LogP contribution in [0.5, 0.6) is 5.75 Å². The van der Waals surface area contributed by atoms with Crippen molar-refractivity contribution in [2.45, 2.75) is 47.1 Å². The molecule has 0 bridgehead atoms. The zero-order valence-corrected chi connectivity index (χ0v) is 14.9. The highest BCUT2D eigenvalue weighted by Crippen LogP contribution is 2.27. The Balaban J connectivity index is 0.000000421. The predicted molar refractivity (Wildman–Crippen MR) is 90.3 cm³/mol. The number of fused-ring (bicyclic) bond motifs is 1. The molecule has 0 aliphatic rings.